The topological polar surface area (TPSA) is 129 Å². The van der Waals surface area contributed by atoms with Gasteiger partial charge in [0, 0.05) is 6.07 Å². The number of benzene rings is 5. The number of carbonyl (C=O) groups excluding carboxylic acids is 4. The van der Waals surface area contributed by atoms with E-state index in [0.717, 1.165) is 25.7 Å². The fourth-order valence-electron chi connectivity index (χ4n) is 7.97. The predicted molar refractivity (Wildman–Crippen MR) is 268 cm³/mol. The average Bonchev–Trinajstić information content (AvgIpc) is 3.36. The predicted octanol–water partition coefficient (Wildman–Crippen LogP) is 15.4. The Morgan fingerprint density at radius 3 is 1.00 bits per heavy atom. The SMILES string of the molecule is CCCCCCCCCCCCc1ccc(OC(=O)c2ccc(C(=O)Oc3ccc(C#N)c(OC(=O)c4ccc(C(=O)Oc5ccc(CCCCCCCCCCCC)cc5)cc4)c3)cc2)cc1. The van der Waals surface area contributed by atoms with Crippen LogP contribution in [0.15, 0.2) is 115 Å². The van der Waals surface area contributed by atoms with Crippen molar-refractivity contribution in [1.82, 2.24) is 0 Å². The zero-order valence-corrected chi connectivity index (χ0v) is 40.2. The van der Waals surface area contributed by atoms with E-state index in [4.69, 9.17) is 18.9 Å². The van der Waals surface area contributed by atoms with Crippen LogP contribution in [-0.2, 0) is 12.8 Å². The first-order chi connectivity index (χ1) is 33.3. The van der Waals surface area contributed by atoms with Gasteiger partial charge in [0.2, 0.25) is 0 Å². The molecule has 9 heteroatoms. The number of aryl methyl sites for hydroxylation is 2. The van der Waals surface area contributed by atoms with Crippen molar-refractivity contribution >= 4 is 23.9 Å². The lowest BCUT2D eigenvalue weighted by Crippen LogP contribution is -2.13. The molecule has 68 heavy (non-hydrogen) atoms. The summed E-state index contributed by atoms with van der Waals surface area (Å²) >= 11 is 0. The molecular weight excluding hydrogens is 851 g/mol. The second-order valence-electron chi connectivity index (χ2n) is 17.6. The van der Waals surface area contributed by atoms with Crippen LogP contribution in [-0.4, -0.2) is 23.9 Å². The van der Waals surface area contributed by atoms with E-state index in [-0.39, 0.29) is 39.3 Å². The van der Waals surface area contributed by atoms with Gasteiger partial charge in [-0.1, -0.05) is 154 Å². The van der Waals surface area contributed by atoms with Gasteiger partial charge in [-0.25, -0.2) is 19.2 Å². The quantitative estimate of drug-likeness (QED) is 0.0251. The highest BCUT2D eigenvalue weighted by molar-refractivity contribution is 5.96. The minimum Gasteiger partial charge on any atom is -0.423 e. The molecule has 0 unspecified atom stereocenters. The number of unbranched alkanes of at least 4 members (excludes halogenated alkanes) is 18. The summed E-state index contributed by atoms with van der Waals surface area (Å²) in [6.07, 6.45) is 27.8. The van der Waals surface area contributed by atoms with E-state index in [1.165, 1.54) is 193 Å². The second-order valence-corrected chi connectivity index (χ2v) is 17.6. The molecule has 0 aliphatic carbocycles. The molecule has 9 nitrogen and oxygen atoms in total. The molecule has 0 saturated carbocycles. The zero-order chi connectivity index (χ0) is 48.2. The molecule has 0 aliphatic heterocycles. The average molecular weight is 920 g/mol. The van der Waals surface area contributed by atoms with Gasteiger partial charge in [-0.3, -0.25) is 0 Å². The Balaban J connectivity index is 1.03. The molecule has 5 aromatic carbocycles. The van der Waals surface area contributed by atoms with Gasteiger partial charge in [0.25, 0.3) is 0 Å². The van der Waals surface area contributed by atoms with E-state index in [9.17, 15) is 24.4 Å². The zero-order valence-electron chi connectivity index (χ0n) is 40.2. The molecule has 0 aliphatic rings. The minimum absolute atomic E-state index is 0.0295. The first-order valence-electron chi connectivity index (χ1n) is 25.1. The molecule has 358 valence electrons. The Morgan fingerprint density at radius 2 is 0.662 bits per heavy atom. The summed E-state index contributed by atoms with van der Waals surface area (Å²) in [7, 11) is 0. The largest absolute Gasteiger partial charge is 0.423 e. The summed E-state index contributed by atoms with van der Waals surface area (Å²) < 4.78 is 22.2. The molecule has 0 aromatic heterocycles. The maximum absolute atomic E-state index is 13.2. The van der Waals surface area contributed by atoms with Crippen molar-refractivity contribution < 1.29 is 38.1 Å². The van der Waals surface area contributed by atoms with E-state index < -0.39 is 23.9 Å². The minimum atomic E-state index is -0.786. The van der Waals surface area contributed by atoms with Crippen molar-refractivity contribution in [3.05, 3.63) is 154 Å². The molecule has 0 bridgehead atoms. The van der Waals surface area contributed by atoms with Crippen LogP contribution in [0.2, 0.25) is 0 Å². The highest BCUT2D eigenvalue weighted by atomic mass is 16.6. The lowest BCUT2D eigenvalue weighted by molar-refractivity contribution is 0.0713. The Hall–Kier alpha value is -6.53. The number of ether oxygens (including phenoxy) is 4. The van der Waals surface area contributed by atoms with Crippen LogP contribution >= 0.6 is 0 Å². The number of nitrogens with zero attached hydrogens (tertiary/aromatic N) is 1. The Labute approximate surface area is 404 Å². The van der Waals surface area contributed by atoms with Crippen LogP contribution in [0.5, 0.6) is 23.0 Å². The Kier molecular flexibility index (Phi) is 23.1. The summed E-state index contributed by atoms with van der Waals surface area (Å²) in [5.41, 5.74) is 3.23. The molecule has 0 N–H and O–H groups in total. The summed E-state index contributed by atoms with van der Waals surface area (Å²) in [5.74, 6) is -1.87. The monoisotopic (exact) mass is 920 g/mol. The van der Waals surface area contributed by atoms with Crippen LogP contribution in [0.25, 0.3) is 0 Å². The third kappa shape index (κ3) is 18.6. The van der Waals surface area contributed by atoms with Crippen LogP contribution in [0.1, 0.15) is 200 Å². The van der Waals surface area contributed by atoms with Crippen LogP contribution in [0.4, 0.5) is 0 Å². The number of carbonyl (C=O) groups is 4. The normalized spacial score (nSPS) is 10.8. The molecule has 0 fully saturated rings. The molecule has 0 heterocycles. The maximum Gasteiger partial charge on any atom is 0.343 e. The van der Waals surface area contributed by atoms with Crippen molar-refractivity contribution in [2.45, 2.75) is 155 Å². The summed E-state index contributed by atoms with van der Waals surface area (Å²) in [6.45, 7) is 4.49. The first kappa shape index (κ1) is 52.4. The molecule has 0 amide bonds. The standard InChI is InChI=1S/C59H69NO8/c1-3-5-7-9-11-13-15-17-19-21-23-45-25-38-52(39-26-45)65-56(61)47-29-31-49(32-30-47)58(63)67-54-42-37-51(44-60)55(43-54)68-59(64)50-35-33-48(34-36-50)57(62)66-53-40-27-46(28-41-53)24-22-20-18-16-14-12-10-8-6-4-2/h25-43H,3-24H2,1-2H3. The maximum atomic E-state index is 13.2. The van der Waals surface area contributed by atoms with E-state index >= 15 is 0 Å². The second kappa shape index (κ2) is 30.0. The Bertz CT molecular complexity index is 2350. The van der Waals surface area contributed by atoms with Gasteiger partial charge in [0.05, 0.1) is 27.8 Å². The summed E-state index contributed by atoms with van der Waals surface area (Å²) in [6, 6.07) is 32.8. The lowest BCUT2D eigenvalue weighted by atomic mass is 10.0. The first-order valence-corrected chi connectivity index (χ1v) is 25.1. The fraction of sp³-hybridized carbons (Fsp3) is 0.407. The van der Waals surface area contributed by atoms with Gasteiger partial charge in [0.1, 0.15) is 23.3 Å². The molecule has 0 atom stereocenters. The molecule has 0 radical (unpaired) electrons. The van der Waals surface area contributed by atoms with Gasteiger partial charge in [-0.15, -0.1) is 0 Å². The van der Waals surface area contributed by atoms with E-state index in [0.29, 0.717) is 11.5 Å². The van der Waals surface area contributed by atoms with Gasteiger partial charge >= 0.3 is 23.9 Å². The van der Waals surface area contributed by atoms with Crippen molar-refractivity contribution in [2.24, 2.45) is 0 Å². The molecule has 0 spiro atoms. The highest BCUT2D eigenvalue weighted by Crippen LogP contribution is 2.27. The van der Waals surface area contributed by atoms with E-state index in [1.807, 2.05) is 30.3 Å². The van der Waals surface area contributed by atoms with Gasteiger partial charge < -0.3 is 18.9 Å². The molecule has 5 rings (SSSR count). The van der Waals surface area contributed by atoms with Crippen molar-refractivity contribution in [3.8, 4) is 29.1 Å². The van der Waals surface area contributed by atoms with E-state index in [1.54, 1.807) is 24.3 Å². The fourth-order valence-corrected chi connectivity index (χ4v) is 7.97. The van der Waals surface area contributed by atoms with Crippen molar-refractivity contribution in [3.63, 3.8) is 0 Å². The Morgan fingerprint density at radius 1 is 0.368 bits per heavy atom. The third-order valence-corrected chi connectivity index (χ3v) is 12.1. The number of esters is 4. The van der Waals surface area contributed by atoms with Crippen LogP contribution in [0, 0.1) is 11.3 Å². The number of hydrogen-bond acceptors (Lipinski definition) is 9. The molecular formula is C59H69NO8. The smallest absolute Gasteiger partial charge is 0.343 e. The molecule has 0 saturated heterocycles. The highest BCUT2D eigenvalue weighted by Gasteiger charge is 2.18. The van der Waals surface area contributed by atoms with Crippen molar-refractivity contribution in [2.75, 3.05) is 0 Å². The van der Waals surface area contributed by atoms with E-state index in [2.05, 4.69) is 13.8 Å². The van der Waals surface area contributed by atoms with Gasteiger partial charge in [-0.2, -0.15) is 5.26 Å². The third-order valence-electron chi connectivity index (χ3n) is 12.1. The van der Waals surface area contributed by atoms with Gasteiger partial charge in [0.15, 0.2) is 5.75 Å². The number of nitriles is 1. The number of rotatable bonds is 30. The van der Waals surface area contributed by atoms with Crippen LogP contribution in [0.3, 0.4) is 0 Å². The summed E-state index contributed by atoms with van der Waals surface area (Å²) in [4.78, 5) is 52.0. The van der Waals surface area contributed by atoms with Crippen molar-refractivity contribution in [1.29, 1.82) is 5.26 Å². The number of hydrogen-bond donors (Lipinski definition) is 0. The molecule has 5 aromatic rings. The summed E-state index contributed by atoms with van der Waals surface area (Å²) in [5, 5.41) is 9.71. The lowest BCUT2D eigenvalue weighted by Gasteiger charge is -2.10. The van der Waals surface area contributed by atoms with Crippen LogP contribution < -0.4 is 18.9 Å². The van der Waals surface area contributed by atoms with Gasteiger partial charge in [-0.05, 0) is 122 Å².